The molecule has 0 saturated heterocycles. The Labute approximate surface area is 94.1 Å². The summed E-state index contributed by atoms with van der Waals surface area (Å²) in [5, 5.41) is 0. The lowest BCUT2D eigenvalue weighted by atomic mass is 9.76. The van der Waals surface area contributed by atoms with Crippen LogP contribution in [0.25, 0.3) is 0 Å². The van der Waals surface area contributed by atoms with Crippen LogP contribution in [0.4, 0.5) is 0 Å². The first kappa shape index (κ1) is 12.0. The quantitative estimate of drug-likeness (QED) is 0.579. The van der Waals surface area contributed by atoms with Crippen LogP contribution in [-0.4, -0.2) is 0 Å². The van der Waals surface area contributed by atoms with E-state index in [4.69, 9.17) is 0 Å². The Morgan fingerprint density at radius 1 is 1.27 bits per heavy atom. The molecule has 0 bridgehead atoms. The van der Waals surface area contributed by atoms with Crippen molar-refractivity contribution in [1.29, 1.82) is 0 Å². The van der Waals surface area contributed by atoms with Crippen LogP contribution in [0.5, 0.6) is 0 Å². The van der Waals surface area contributed by atoms with Crippen LogP contribution in [0, 0.1) is 11.3 Å². The second-order valence-electron chi connectivity index (χ2n) is 5.52. The molecule has 0 heterocycles. The van der Waals surface area contributed by atoms with Gasteiger partial charge in [0.1, 0.15) is 0 Å². The van der Waals surface area contributed by atoms with Crippen molar-refractivity contribution in [1.82, 2.24) is 0 Å². The van der Waals surface area contributed by atoms with E-state index in [9.17, 15) is 0 Å². The average molecular weight is 202 g/mol. The van der Waals surface area contributed by atoms with Crippen LogP contribution < -0.4 is 0 Å². The SMILES string of the molecule is C=C(C)C1=CC=C(C)C(C(C)(C)C)C=C1. The van der Waals surface area contributed by atoms with Crippen molar-refractivity contribution < 1.29 is 0 Å². The number of rotatable bonds is 1. The molecule has 1 atom stereocenters. The van der Waals surface area contributed by atoms with E-state index in [2.05, 4.69) is 65.5 Å². The molecule has 1 rings (SSSR count). The standard InChI is InChI=1S/C15H22/c1-11(2)13-8-7-12(3)14(10-9-13)15(4,5)6/h7-10,14H,1H2,2-6H3. The lowest BCUT2D eigenvalue weighted by molar-refractivity contribution is 0.330. The highest BCUT2D eigenvalue weighted by Gasteiger charge is 2.24. The summed E-state index contributed by atoms with van der Waals surface area (Å²) >= 11 is 0. The van der Waals surface area contributed by atoms with Crippen molar-refractivity contribution in [2.45, 2.75) is 34.6 Å². The van der Waals surface area contributed by atoms with Gasteiger partial charge < -0.3 is 0 Å². The van der Waals surface area contributed by atoms with Crippen LogP contribution in [0.1, 0.15) is 34.6 Å². The molecule has 0 spiro atoms. The van der Waals surface area contributed by atoms with Crippen LogP contribution in [-0.2, 0) is 0 Å². The molecule has 15 heavy (non-hydrogen) atoms. The smallest absolute Gasteiger partial charge is 0.00290 e. The van der Waals surface area contributed by atoms with Gasteiger partial charge in [0, 0.05) is 5.92 Å². The first-order valence-corrected chi connectivity index (χ1v) is 5.55. The monoisotopic (exact) mass is 202 g/mol. The summed E-state index contributed by atoms with van der Waals surface area (Å²) in [7, 11) is 0. The largest absolute Gasteiger partial charge is 0.0955 e. The molecule has 0 saturated carbocycles. The van der Waals surface area contributed by atoms with E-state index in [0.29, 0.717) is 5.92 Å². The molecule has 1 aliphatic rings. The lowest BCUT2D eigenvalue weighted by Crippen LogP contribution is -2.19. The van der Waals surface area contributed by atoms with E-state index in [1.807, 2.05) is 0 Å². The molecule has 0 radical (unpaired) electrons. The van der Waals surface area contributed by atoms with E-state index in [-0.39, 0.29) is 5.41 Å². The van der Waals surface area contributed by atoms with Gasteiger partial charge in [-0.1, -0.05) is 62.8 Å². The van der Waals surface area contributed by atoms with Crippen molar-refractivity contribution >= 4 is 0 Å². The molecule has 0 aliphatic heterocycles. The predicted octanol–water partition coefficient (Wildman–Crippen LogP) is 4.67. The highest BCUT2D eigenvalue weighted by Crippen LogP contribution is 2.34. The van der Waals surface area contributed by atoms with E-state index in [0.717, 1.165) is 5.57 Å². The topological polar surface area (TPSA) is 0 Å². The van der Waals surface area contributed by atoms with Gasteiger partial charge in [-0.2, -0.15) is 0 Å². The van der Waals surface area contributed by atoms with Gasteiger partial charge in [-0.05, 0) is 24.8 Å². The lowest BCUT2D eigenvalue weighted by Gasteiger charge is -2.28. The second-order valence-corrected chi connectivity index (χ2v) is 5.52. The summed E-state index contributed by atoms with van der Waals surface area (Å²) in [4.78, 5) is 0. The molecule has 82 valence electrons. The fraction of sp³-hybridized carbons (Fsp3) is 0.467. The van der Waals surface area contributed by atoms with Crippen LogP contribution in [0.3, 0.4) is 0 Å². The third-order valence-corrected chi connectivity index (χ3v) is 2.91. The molecular formula is C15H22. The molecule has 0 amide bonds. The Hall–Kier alpha value is -1.04. The normalized spacial score (nSPS) is 21.8. The summed E-state index contributed by atoms with van der Waals surface area (Å²) in [6, 6.07) is 0. The third-order valence-electron chi connectivity index (χ3n) is 2.91. The number of hydrogen-bond donors (Lipinski definition) is 0. The van der Waals surface area contributed by atoms with Gasteiger partial charge in [-0.25, -0.2) is 0 Å². The first-order valence-electron chi connectivity index (χ1n) is 5.55. The minimum atomic E-state index is 0.287. The molecule has 0 nitrogen and oxygen atoms in total. The average Bonchev–Trinajstić information content (AvgIpc) is 2.25. The Balaban J connectivity index is 3.04. The Morgan fingerprint density at radius 2 is 1.87 bits per heavy atom. The highest BCUT2D eigenvalue weighted by molar-refractivity contribution is 5.43. The Kier molecular flexibility index (Phi) is 3.38. The zero-order valence-electron chi connectivity index (χ0n) is 10.6. The van der Waals surface area contributed by atoms with Crippen LogP contribution in [0.15, 0.2) is 47.6 Å². The van der Waals surface area contributed by atoms with Crippen molar-refractivity contribution in [3.05, 3.63) is 47.6 Å². The Bertz CT molecular complexity index is 343. The fourth-order valence-corrected chi connectivity index (χ4v) is 1.99. The molecule has 0 fully saturated rings. The minimum Gasteiger partial charge on any atom is -0.0955 e. The van der Waals surface area contributed by atoms with Crippen molar-refractivity contribution in [3.8, 4) is 0 Å². The van der Waals surface area contributed by atoms with Gasteiger partial charge in [0.2, 0.25) is 0 Å². The van der Waals surface area contributed by atoms with E-state index in [1.165, 1.54) is 11.1 Å². The molecule has 0 heteroatoms. The van der Waals surface area contributed by atoms with Crippen LogP contribution >= 0.6 is 0 Å². The molecule has 0 N–H and O–H groups in total. The fourth-order valence-electron chi connectivity index (χ4n) is 1.99. The molecule has 0 aromatic rings. The third kappa shape index (κ3) is 2.95. The summed E-state index contributed by atoms with van der Waals surface area (Å²) in [5.74, 6) is 0.519. The zero-order chi connectivity index (χ0) is 11.6. The molecular weight excluding hydrogens is 180 g/mol. The number of hydrogen-bond acceptors (Lipinski definition) is 0. The summed E-state index contributed by atoms with van der Waals surface area (Å²) in [6.45, 7) is 15.1. The second kappa shape index (κ2) is 4.22. The van der Waals surface area contributed by atoms with Gasteiger partial charge in [-0.15, -0.1) is 0 Å². The number of allylic oxidation sites excluding steroid dienone is 7. The van der Waals surface area contributed by atoms with Gasteiger partial charge >= 0.3 is 0 Å². The van der Waals surface area contributed by atoms with E-state index < -0.39 is 0 Å². The summed E-state index contributed by atoms with van der Waals surface area (Å²) < 4.78 is 0. The van der Waals surface area contributed by atoms with Gasteiger partial charge in [0.25, 0.3) is 0 Å². The Morgan fingerprint density at radius 3 is 2.33 bits per heavy atom. The summed E-state index contributed by atoms with van der Waals surface area (Å²) in [6.07, 6.45) is 8.89. The maximum atomic E-state index is 3.98. The highest BCUT2D eigenvalue weighted by atomic mass is 14.3. The van der Waals surface area contributed by atoms with Crippen molar-refractivity contribution in [2.24, 2.45) is 11.3 Å². The van der Waals surface area contributed by atoms with Crippen molar-refractivity contribution in [2.75, 3.05) is 0 Å². The first-order chi connectivity index (χ1) is 6.82. The van der Waals surface area contributed by atoms with Crippen LogP contribution in [0.2, 0.25) is 0 Å². The maximum absolute atomic E-state index is 3.98. The molecule has 1 aliphatic carbocycles. The van der Waals surface area contributed by atoms with Gasteiger partial charge in [0.05, 0.1) is 0 Å². The minimum absolute atomic E-state index is 0.287. The molecule has 0 aromatic heterocycles. The summed E-state index contributed by atoms with van der Waals surface area (Å²) in [5.41, 5.74) is 4.08. The van der Waals surface area contributed by atoms with Gasteiger partial charge in [-0.3, -0.25) is 0 Å². The van der Waals surface area contributed by atoms with Crippen molar-refractivity contribution in [3.63, 3.8) is 0 Å². The van der Waals surface area contributed by atoms with E-state index in [1.54, 1.807) is 0 Å². The van der Waals surface area contributed by atoms with E-state index >= 15 is 0 Å². The molecule has 1 unspecified atom stereocenters. The maximum Gasteiger partial charge on any atom is 0.00290 e. The van der Waals surface area contributed by atoms with Gasteiger partial charge in [0.15, 0.2) is 0 Å². The molecule has 0 aromatic carbocycles. The predicted molar refractivity (Wildman–Crippen MR) is 68.7 cm³/mol. The zero-order valence-corrected chi connectivity index (χ0v) is 10.6.